The molecule has 0 atom stereocenters. The molecule has 0 radical (unpaired) electrons. The highest BCUT2D eigenvalue weighted by molar-refractivity contribution is 6.20. The second-order valence-electron chi connectivity index (χ2n) is 8.64. The molecule has 0 aliphatic carbocycles. The van der Waals surface area contributed by atoms with E-state index in [9.17, 15) is 14.0 Å². The molecular formula is C28H27ClFN3O2. The van der Waals surface area contributed by atoms with Crippen molar-refractivity contribution in [1.29, 1.82) is 0 Å². The molecule has 180 valence electrons. The Morgan fingerprint density at radius 3 is 2.26 bits per heavy atom. The summed E-state index contributed by atoms with van der Waals surface area (Å²) in [4.78, 5) is 34.0. The fourth-order valence-electron chi connectivity index (χ4n) is 4.58. The van der Waals surface area contributed by atoms with Crippen molar-refractivity contribution < 1.29 is 14.0 Å². The summed E-state index contributed by atoms with van der Waals surface area (Å²) in [5.41, 5.74) is 3.38. The van der Waals surface area contributed by atoms with Gasteiger partial charge in [0.15, 0.2) is 5.78 Å². The zero-order valence-electron chi connectivity index (χ0n) is 19.2. The van der Waals surface area contributed by atoms with E-state index in [4.69, 9.17) is 0 Å². The maximum Gasteiger partial charge on any atom is 0.254 e. The molecule has 3 aromatic carbocycles. The largest absolute Gasteiger partial charge is 0.360 e. The van der Waals surface area contributed by atoms with Crippen LogP contribution < -0.4 is 0 Å². The van der Waals surface area contributed by atoms with E-state index in [0.29, 0.717) is 35.2 Å². The number of amides is 1. The molecule has 7 heteroatoms. The van der Waals surface area contributed by atoms with E-state index in [0.717, 1.165) is 31.6 Å². The minimum absolute atomic E-state index is 0. The Kier molecular flexibility index (Phi) is 7.63. The van der Waals surface area contributed by atoms with Crippen molar-refractivity contribution in [3.63, 3.8) is 0 Å². The highest BCUT2D eigenvalue weighted by Gasteiger charge is 2.26. The first-order valence-corrected chi connectivity index (χ1v) is 11.6. The molecule has 0 bridgehead atoms. The molecule has 1 aromatic heterocycles. The molecule has 0 saturated carbocycles. The number of aromatic nitrogens is 1. The first-order chi connectivity index (χ1) is 16.6. The fraction of sp³-hybridized carbons (Fsp3) is 0.214. The Balaban J connectivity index is 0.00000289. The number of benzene rings is 3. The lowest BCUT2D eigenvalue weighted by molar-refractivity contribution is 0.0640. The van der Waals surface area contributed by atoms with Gasteiger partial charge >= 0.3 is 0 Å². The molecule has 1 aliphatic rings. The van der Waals surface area contributed by atoms with Crippen LogP contribution in [0.2, 0.25) is 0 Å². The Hall–Kier alpha value is -3.48. The summed E-state index contributed by atoms with van der Waals surface area (Å²) < 4.78 is 13.3. The SMILES string of the molecule is Cl.O=C(c1ccc(F)cc1)c1c[nH]c2cccc(C(=O)N3CCN(CCc4ccccc4)CC3)c12. The second kappa shape index (κ2) is 10.8. The molecule has 0 unspecified atom stereocenters. The number of aromatic amines is 1. The van der Waals surface area contributed by atoms with Gasteiger partial charge in [0.25, 0.3) is 5.91 Å². The Labute approximate surface area is 210 Å². The Morgan fingerprint density at radius 1 is 0.829 bits per heavy atom. The van der Waals surface area contributed by atoms with Gasteiger partial charge in [0.1, 0.15) is 5.82 Å². The van der Waals surface area contributed by atoms with Gasteiger partial charge in [-0.05, 0) is 48.4 Å². The predicted octanol–water partition coefficient (Wildman–Crippen LogP) is 4.96. The van der Waals surface area contributed by atoms with Crippen molar-refractivity contribution in [3.05, 3.63) is 107 Å². The summed E-state index contributed by atoms with van der Waals surface area (Å²) in [5.74, 6) is -0.701. The summed E-state index contributed by atoms with van der Waals surface area (Å²) in [6.45, 7) is 3.91. The van der Waals surface area contributed by atoms with Crippen molar-refractivity contribution in [3.8, 4) is 0 Å². The van der Waals surface area contributed by atoms with E-state index < -0.39 is 5.82 Å². The molecule has 1 fully saturated rings. The van der Waals surface area contributed by atoms with Crippen LogP contribution in [-0.2, 0) is 6.42 Å². The number of carbonyl (C=O) groups excluding carboxylic acids is 2. The molecule has 1 N–H and O–H groups in total. The van der Waals surface area contributed by atoms with Crippen LogP contribution in [0.3, 0.4) is 0 Å². The molecule has 0 spiro atoms. The lowest BCUT2D eigenvalue weighted by Crippen LogP contribution is -2.49. The minimum atomic E-state index is -0.394. The van der Waals surface area contributed by atoms with Crippen molar-refractivity contribution in [2.24, 2.45) is 0 Å². The highest BCUT2D eigenvalue weighted by Crippen LogP contribution is 2.26. The van der Waals surface area contributed by atoms with E-state index in [-0.39, 0.29) is 24.1 Å². The predicted molar refractivity (Wildman–Crippen MR) is 138 cm³/mol. The van der Waals surface area contributed by atoms with Crippen LogP contribution in [0.15, 0.2) is 79.0 Å². The maximum atomic E-state index is 13.5. The quantitative estimate of drug-likeness (QED) is 0.388. The number of hydrogen-bond acceptors (Lipinski definition) is 3. The third-order valence-electron chi connectivity index (χ3n) is 6.51. The second-order valence-corrected chi connectivity index (χ2v) is 8.64. The summed E-state index contributed by atoms with van der Waals surface area (Å²) in [7, 11) is 0. The van der Waals surface area contributed by atoms with Crippen LogP contribution in [0.25, 0.3) is 10.9 Å². The average Bonchev–Trinajstić information content (AvgIpc) is 3.32. The lowest BCUT2D eigenvalue weighted by Gasteiger charge is -2.35. The van der Waals surface area contributed by atoms with Gasteiger partial charge in [-0.25, -0.2) is 4.39 Å². The first-order valence-electron chi connectivity index (χ1n) is 11.6. The first kappa shape index (κ1) is 24.6. The van der Waals surface area contributed by atoms with Crippen LogP contribution in [0.4, 0.5) is 4.39 Å². The van der Waals surface area contributed by atoms with E-state index in [1.165, 1.54) is 29.8 Å². The van der Waals surface area contributed by atoms with E-state index in [1.807, 2.05) is 23.1 Å². The lowest BCUT2D eigenvalue weighted by atomic mass is 9.98. The van der Waals surface area contributed by atoms with Crippen LogP contribution in [0, 0.1) is 5.82 Å². The molecule has 1 aliphatic heterocycles. The highest BCUT2D eigenvalue weighted by atomic mass is 35.5. The number of hydrogen-bond donors (Lipinski definition) is 1. The Bertz CT molecular complexity index is 1310. The molecule has 4 aromatic rings. The number of ketones is 1. The zero-order chi connectivity index (χ0) is 23.5. The van der Waals surface area contributed by atoms with Crippen LogP contribution in [-0.4, -0.2) is 59.2 Å². The van der Waals surface area contributed by atoms with Gasteiger partial charge in [0.2, 0.25) is 0 Å². The van der Waals surface area contributed by atoms with Gasteiger partial charge in [0.05, 0.1) is 0 Å². The van der Waals surface area contributed by atoms with Crippen molar-refractivity contribution in [2.45, 2.75) is 6.42 Å². The number of rotatable bonds is 6. The molecule has 5 rings (SSSR count). The van der Waals surface area contributed by atoms with Crippen LogP contribution in [0.1, 0.15) is 31.8 Å². The van der Waals surface area contributed by atoms with Gasteiger partial charge in [-0.15, -0.1) is 12.4 Å². The number of nitrogens with one attached hydrogen (secondary N) is 1. The number of H-pyrrole nitrogens is 1. The number of halogens is 2. The zero-order valence-corrected chi connectivity index (χ0v) is 20.1. The third kappa shape index (κ3) is 5.29. The van der Waals surface area contributed by atoms with Crippen molar-refractivity contribution in [1.82, 2.24) is 14.8 Å². The van der Waals surface area contributed by atoms with Gasteiger partial charge < -0.3 is 9.88 Å². The molecule has 5 nitrogen and oxygen atoms in total. The van der Waals surface area contributed by atoms with E-state index >= 15 is 0 Å². The van der Waals surface area contributed by atoms with Gasteiger partial charge in [-0.3, -0.25) is 14.5 Å². The fourth-order valence-corrected chi connectivity index (χ4v) is 4.58. The minimum Gasteiger partial charge on any atom is -0.360 e. The number of fused-ring (bicyclic) bond motifs is 1. The smallest absolute Gasteiger partial charge is 0.254 e. The monoisotopic (exact) mass is 491 g/mol. The molecule has 35 heavy (non-hydrogen) atoms. The normalized spacial score (nSPS) is 14.0. The molecule has 2 heterocycles. The topological polar surface area (TPSA) is 56.4 Å². The van der Waals surface area contributed by atoms with E-state index in [2.05, 4.69) is 34.1 Å². The molecular weight excluding hydrogens is 465 g/mol. The van der Waals surface area contributed by atoms with Crippen molar-refractivity contribution >= 4 is 35.0 Å². The molecule has 1 amide bonds. The standard InChI is InChI=1S/C28H26FN3O2.ClH/c29-22-11-9-21(10-12-22)27(33)24-19-30-25-8-4-7-23(26(24)25)28(34)32-17-15-31(16-18-32)14-13-20-5-2-1-3-6-20;/h1-12,19,30H,13-18H2;1H. The Morgan fingerprint density at radius 2 is 1.54 bits per heavy atom. The van der Waals surface area contributed by atoms with Gasteiger partial charge in [-0.2, -0.15) is 0 Å². The third-order valence-corrected chi connectivity index (χ3v) is 6.51. The van der Waals surface area contributed by atoms with E-state index in [1.54, 1.807) is 12.3 Å². The molecule has 1 saturated heterocycles. The van der Waals surface area contributed by atoms with Gasteiger partial charge in [-0.1, -0.05) is 36.4 Å². The summed E-state index contributed by atoms with van der Waals surface area (Å²) >= 11 is 0. The summed E-state index contributed by atoms with van der Waals surface area (Å²) in [6.07, 6.45) is 2.63. The summed E-state index contributed by atoms with van der Waals surface area (Å²) in [6, 6.07) is 21.4. The maximum absolute atomic E-state index is 13.5. The summed E-state index contributed by atoms with van der Waals surface area (Å²) in [5, 5.41) is 0.619. The van der Waals surface area contributed by atoms with Crippen LogP contribution >= 0.6 is 12.4 Å². The number of piperazine rings is 1. The van der Waals surface area contributed by atoms with Crippen molar-refractivity contribution in [2.75, 3.05) is 32.7 Å². The van der Waals surface area contributed by atoms with Gasteiger partial charge in [0, 0.05) is 66.5 Å². The average molecular weight is 492 g/mol. The number of nitrogens with zero attached hydrogens (tertiary/aromatic N) is 2. The number of carbonyl (C=O) groups is 2. The van der Waals surface area contributed by atoms with Crippen LogP contribution in [0.5, 0.6) is 0 Å².